The normalized spacial score (nSPS) is 22.2. The van der Waals surface area contributed by atoms with Crippen LogP contribution in [0, 0.1) is 0 Å². The van der Waals surface area contributed by atoms with Crippen LogP contribution in [-0.4, -0.2) is 42.6 Å². The molecule has 1 aromatic carbocycles. The van der Waals surface area contributed by atoms with E-state index in [0.29, 0.717) is 6.04 Å². The van der Waals surface area contributed by atoms with Crippen LogP contribution in [-0.2, 0) is 0 Å². The summed E-state index contributed by atoms with van der Waals surface area (Å²) < 4.78 is 6.09. The third kappa shape index (κ3) is 2.73. The van der Waals surface area contributed by atoms with Crippen LogP contribution >= 0.6 is 11.8 Å². The molecule has 2 atom stereocenters. The number of nitrogens with zero attached hydrogens (tertiary/aromatic N) is 1. The van der Waals surface area contributed by atoms with Crippen molar-refractivity contribution in [3.05, 3.63) is 36.1 Å². The van der Waals surface area contributed by atoms with Crippen molar-refractivity contribution in [2.75, 3.05) is 31.6 Å². The van der Waals surface area contributed by atoms with Crippen molar-refractivity contribution in [2.45, 2.75) is 19.0 Å². The maximum Gasteiger partial charge on any atom is 0.134 e. The van der Waals surface area contributed by atoms with Crippen LogP contribution in [0.25, 0.3) is 11.0 Å². The summed E-state index contributed by atoms with van der Waals surface area (Å²) in [6.07, 6.45) is 0. The minimum absolute atomic E-state index is 0.269. The maximum atomic E-state index is 6.09. The first-order valence-corrected chi connectivity index (χ1v) is 8.45. The molecular formula is C16H22N2OS. The molecule has 1 aromatic heterocycles. The summed E-state index contributed by atoms with van der Waals surface area (Å²) in [4.78, 5) is 2.46. The van der Waals surface area contributed by atoms with Gasteiger partial charge in [0.1, 0.15) is 11.3 Å². The highest BCUT2D eigenvalue weighted by atomic mass is 32.2. The zero-order chi connectivity index (χ0) is 13.9. The lowest BCUT2D eigenvalue weighted by molar-refractivity contribution is 0.203. The fraction of sp³-hybridized carbons (Fsp3) is 0.500. The Kier molecular flexibility index (Phi) is 4.34. The Morgan fingerprint density at radius 1 is 1.45 bits per heavy atom. The van der Waals surface area contributed by atoms with Crippen molar-refractivity contribution in [1.29, 1.82) is 0 Å². The monoisotopic (exact) mass is 290 g/mol. The van der Waals surface area contributed by atoms with E-state index in [9.17, 15) is 0 Å². The van der Waals surface area contributed by atoms with Gasteiger partial charge in [-0.2, -0.15) is 11.8 Å². The molecule has 3 rings (SSSR count). The number of rotatable bonds is 4. The van der Waals surface area contributed by atoms with E-state index in [-0.39, 0.29) is 6.04 Å². The summed E-state index contributed by atoms with van der Waals surface area (Å²) in [5, 5.41) is 4.80. The molecule has 2 unspecified atom stereocenters. The fourth-order valence-corrected chi connectivity index (χ4v) is 4.13. The Balaban J connectivity index is 1.92. The predicted octanol–water partition coefficient (Wildman–Crippen LogP) is 3.13. The van der Waals surface area contributed by atoms with Gasteiger partial charge in [-0.3, -0.25) is 4.90 Å². The molecule has 2 aromatic rings. The third-order valence-electron chi connectivity index (χ3n) is 4.00. The average Bonchev–Trinajstić information content (AvgIpc) is 2.89. The van der Waals surface area contributed by atoms with Gasteiger partial charge in [0.15, 0.2) is 0 Å². The van der Waals surface area contributed by atoms with Gasteiger partial charge in [0.05, 0.1) is 6.04 Å². The first kappa shape index (κ1) is 14.0. The molecule has 20 heavy (non-hydrogen) atoms. The molecule has 1 aliphatic heterocycles. The van der Waals surface area contributed by atoms with E-state index in [1.165, 1.54) is 11.1 Å². The molecule has 1 saturated heterocycles. The Hall–Kier alpha value is -0.970. The van der Waals surface area contributed by atoms with Crippen LogP contribution < -0.4 is 5.32 Å². The van der Waals surface area contributed by atoms with Crippen molar-refractivity contribution in [3.8, 4) is 0 Å². The number of fused-ring (bicyclic) bond motifs is 1. The number of hydrogen-bond acceptors (Lipinski definition) is 4. The summed E-state index contributed by atoms with van der Waals surface area (Å²) in [5.74, 6) is 3.45. The van der Waals surface area contributed by atoms with E-state index >= 15 is 0 Å². The van der Waals surface area contributed by atoms with Crippen LogP contribution in [0.5, 0.6) is 0 Å². The smallest absolute Gasteiger partial charge is 0.134 e. The lowest BCUT2D eigenvalue weighted by Crippen LogP contribution is -2.47. The Labute approximate surface area is 124 Å². The van der Waals surface area contributed by atoms with Crippen molar-refractivity contribution >= 4 is 22.7 Å². The molecule has 1 aliphatic rings. The van der Waals surface area contributed by atoms with Gasteiger partial charge < -0.3 is 9.73 Å². The Bertz CT molecular complexity index is 535. The number of furan rings is 1. The summed E-state index contributed by atoms with van der Waals surface area (Å²) in [7, 11) is 2.22. The quantitative estimate of drug-likeness (QED) is 0.936. The second-order valence-electron chi connectivity index (χ2n) is 5.34. The van der Waals surface area contributed by atoms with Crippen molar-refractivity contribution < 1.29 is 4.42 Å². The molecule has 0 bridgehead atoms. The number of nitrogens with one attached hydrogen (secondary N) is 1. The number of para-hydroxylation sites is 1. The van der Waals surface area contributed by atoms with E-state index in [2.05, 4.69) is 42.4 Å². The second-order valence-corrected chi connectivity index (χ2v) is 6.49. The third-order valence-corrected chi connectivity index (χ3v) is 5.05. The van der Waals surface area contributed by atoms with Crippen LogP contribution in [0.1, 0.15) is 18.7 Å². The van der Waals surface area contributed by atoms with Gasteiger partial charge in [-0.15, -0.1) is 0 Å². The number of thioether (sulfide) groups is 1. The molecule has 4 heteroatoms. The minimum atomic E-state index is 0.269. The SMILES string of the molecule is CCNC(c1cc2ccccc2o1)C1CSCCN1C. The van der Waals surface area contributed by atoms with Gasteiger partial charge in [-0.25, -0.2) is 0 Å². The number of likely N-dealkylation sites (N-methyl/N-ethyl adjacent to an activating group) is 2. The molecule has 108 valence electrons. The van der Waals surface area contributed by atoms with E-state index in [0.717, 1.165) is 30.2 Å². The first-order valence-electron chi connectivity index (χ1n) is 7.29. The van der Waals surface area contributed by atoms with Crippen molar-refractivity contribution in [3.63, 3.8) is 0 Å². The standard InChI is InChI=1S/C16H22N2OS/c1-3-17-16(13-11-20-9-8-18(13)2)15-10-12-6-4-5-7-14(12)19-15/h4-7,10,13,16-17H,3,8-9,11H2,1-2H3. The summed E-state index contributed by atoms with van der Waals surface area (Å²) in [6.45, 7) is 4.26. The highest BCUT2D eigenvalue weighted by molar-refractivity contribution is 7.99. The molecule has 0 amide bonds. The molecule has 3 nitrogen and oxygen atoms in total. The van der Waals surface area contributed by atoms with Gasteiger partial charge in [0.25, 0.3) is 0 Å². The van der Waals surface area contributed by atoms with Crippen LogP contribution in [0.4, 0.5) is 0 Å². The lowest BCUT2D eigenvalue weighted by Gasteiger charge is -2.37. The fourth-order valence-electron chi connectivity index (χ4n) is 2.86. The van der Waals surface area contributed by atoms with Gasteiger partial charge in [0.2, 0.25) is 0 Å². The average molecular weight is 290 g/mol. The van der Waals surface area contributed by atoms with Gasteiger partial charge in [-0.1, -0.05) is 25.1 Å². The molecule has 0 spiro atoms. The number of hydrogen-bond donors (Lipinski definition) is 1. The maximum absolute atomic E-state index is 6.09. The largest absolute Gasteiger partial charge is 0.459 e. The van der Waals surface area contributed by atoms with E-state index in [4.69, 9.17) is 4.42 Å². The van der Waals surface area contributed by atoms with E-state index in [1.54, 1.807) is 0 Å². The molecule has 2 heterocycles. The lowest BCUT2D eigenvalue weighted by atomic mass is 10.1. The highest BCUT2D eigenvalue weighted by Crippen LogP contribution is 2.30. The minimum Gasteiger partial charge on any atom is -0.459 e. The van der Waals surface area contributed by atoms with Gasteiger partial charge in [0, 0.05) is 29.5 Å². The van der Waals surface area contributed by atoms with Crippen molar-refractivity contribution in [2.24, 2.45) is 0 Å². The molecule has 0 radical (unpaired) electrons. The molecule has 1 N–H and O–H groups in total. The molecule has 0 saturated carbocycles. The second kappa shape index (κ2) is 6.20. The summed E-state index contributed by atoms with van der Waals surface area (Å²) in [5.41, 5.74) is 0.983. The predicted molar refractivity (Wildman–Crippen MR) is 86.4 cm³/mol. The summed E-state index contributed by atoms with van der Waals surface area (Å²) >= 11 is 2.04. The van der Waals surface area contributed by atoms with E-state index < -0.39 is 0 Å². The highest BCUT2D eigenvalue weighted by Gasteiger charge is 2.30. The zero-order valence-electron chi connectivity index (χ0n) is 12.1. The van der Waals surface area contributed by atoms with Crippen molar-refractivity contribution in [1.82, 2.24) is 10.2 Å². The zero-order valence-corrected chi connectivity index (χ0v) is 13.0. The Morgan fingerprint density at radius 3 is 3.05 bits per heavy atom. The molecule has 0 aliphatic carbocycles. The van der Waals surface area contributed by atoms with Crippen LogP contribution in [0.3, 0.4) is 0 Å². The van der Waals surface area contributed by atoms with Crippen LogP contribution in [0.15, 0.2) is 34.7 Å². The Morgan fingerprint density at radius 2 is 2.30 bits per heavy atom. The van der Waals surface area contributed by atoms with Gasteiger partial charge >= 0.3 is 0 Å². The molecule has 1 fully saturated rings. The first-order chi connectivity index (χ1) is 9.79. The van der Waals surface area contributed by atoms with Crippen LogP contribution in [0.2, 0.25) is 0 Å². The summed E-state index contributed by atoms with van der Waals surface area (Å²) in [6, 6.07) is 11.2. The number of benzene rings is 1. The van der Waals surface area contributed by atoms with Gasteiger partial charge in [-0.05, 0) is 25.7 Å². The molecular weight excluding hydrogens is 268 g/mol. The topological polar surface area (TPSA) is 28.4 Å². The van der Waals surface area contributed by atoms with E-state index in [1.807, 2.05) is 23.9 Å².